The molecule has 1 aliphatic rings. The first-order chi connectivity index (χ1) is 13.1. The number of primary sulfonamides is 1. The Labute approximate surface area is 161 Å². The Morgan fingerprint density at radius 3 is 2.54 bits per heavy atom. The lowest BCUT2D eigenvalue weighted by Gasteiger charge is -2.35. The molecule has 0 unspecified atom stereocenters. The van der Waals surface area contributed by atoms with Gasteiger partial charge in [0.1, 0.15) is 4.90 Å². The minimum absolute atomic E-state index is 0.0871. The van der Waals surface area contributed by atoms with Crippen LogP contribution in [0.4, 0.5) is 14.5 Å². The SMILES string of the molecule is CC(F)(F)c1ccc(N2CCC(CCO)CC2)c(-c2nn[nH]n2)c1S(N)(=O)=O. The summed E-state index contributed by atoms with van der Waals surface area (Å²) in [4.78, 5) is 1.20. The fraction of sp³-hybridized carbons (Fsp3) is 0.562. The lowest BCUT2D eigenvalue weighted by molar-refractivity contribution is 0.0145. The zero-order valence-electron chi connectivity index (χ0n) is 15.3. The summed E-state index contributed by atoms with van der Waals surface area (Å²) in [5.74, 6) is -3.21. The quantitative estimate of drug-likeness (QED) is 0.644. The topological polar surface area (TPSA) is 138 Å². The number of tetrazole rings is 1. The van der Waals surface area contributed by atoms with E-state index < -0.39 is 26.4 Å². The number of anilines is 1. The van der Waals surface area contributed by atoms with E-state index in [9.17, 15) is 17.2 Å². The summed E-state index contributed by atoms with van der Waals surface area (Å²) < 4.78 is 52.9. The molecule has 1 fully saturated rings. The largest absolute Gasteiger partial charge is 0.396 e. The second-order valence-electron chi connectivity index (χ2n) is 6.95. The number of nitrogens with two attached hydrogens (primary N) is 1. The summed E-state index contributed by atoms with van der Waals surface area (Å²) in [7, 11) is -4.52. The fourth-order valence-corrected chi connectivity index (χ4v) is 4.64. The molecule has 4 N–H and O–H groups in total. The van der Waals surface area contributed by atoms with Crippen molar-refractivity contribution in [3.63, 3.8) is 0 Å². The van der Waals surface area contributed by atoms with Crippen LogP contribution in [0.1, 0.15) is 31.7 Å². The van der Waals surface area contributed by atoms with Crippen LogP contribution in [0.2, 0.25) is 0 Å². The Morgan fingerprint density at radius 1 is 1.36 bits per heavy atom. The standard InChI is InChI=1S/C16H22F2N6O3S/c1-16(17,18)11-2-3-12(24-7-4-10(5-8-24)6-9-25)13(14(11)28(19,26)27)15-20-22-23-21-15/h2-3,10,25H,4-9H2,1H3,(H2,19,26,27)(H,20,21,22,23). The van der Waals surface area contributed by atoms with Crippen molar-refractivity contribution >= 4 is 15.7 Å². The molecule has 154 valence electrons. The Morgan fingerprint density at radius 2 is 2.04 bits per heavy atom. The van der Waals surface area contributed by atoms with Crippen LogP contribution in [0.3, 0.4) is 0 Å². The Kier molecular flexibility index (Phi) is 5.64. The number of H-pyrrole nitrogens is 1. The highest BCUT2D eigenvalue weighted by Gasteiger charge is 2.37. The van der Waals surface area contributed by atoms with E-state index >= 15 is 0 Å². The van der Waals surface area contributed by atoms with Crippen molar-refractivity contribution in [1.29, 1.82) is 0 Å². The van der Waals surface area contributed by atoms with Crippen LogP contribution in [0, 0.1) is 5.92 Å². The Bertz CT molecular complexity index is 923. The third-order valence-corrected chi connectivity index (χ3v) is 5.95. The normalized spacial score (nSPS) is 16.5. The van der Waals surface area contributed by atoms with Crippen molar-refractivity contribution in [2.24, 2.45) is 11.1 Å². The zero-order chi connectivity index (χ0) is 20.5. The highest BCUT2D eigenvalue weighted by molar-refractivity contribution is 7.89. The van der Waals surface area contributed by atoms with Gasteiger partial charge in [-0.25, -0.2) is 22.3 Å². The average molecular weight is 416 g/mol. The molecule has 0 spiro atoms. The molecule has 12 heteroatoms. The summed E-state index contributed by atoms with van der Waals surface area (Å²) in [6, 6.07) is 2.53. The second kappa shape index (κ2) is 7.68. The average Bonchev–Trinajstić information content (AvgIpc) is 3.14. The molecule has 3 rings (SSSR count). The number of benzene rings is 1. The van der Waals surface area contributed by atoms with Gasteiger partial charge in [0, 0.05) is 37.9 Å². The van der Waals surface area contributed by atoms with Crippen LogP contribution >= 0.6 is 0 Å². The number of sulfonamides is 1. The van der Waals surface area contributed by atoms with Gasteiger partial charge in [-0.1, -0.05) is 0 Å². The number of aromatic amines is 1. The predicted molar refractivity (Wildman–Crippen MR) is 97.2 cm³/mol. The van der Waals surface area contributed by atoms with Gasteiger partial charge in [-0.15, -0.1) is 10.2 Å². The van der Waals surface area contributed by atoms with Crippen LogP contribution in [-0.2, 0) is 15.9 Å². The van der Waals surface area contributed by atoms with Crippen molar-refractivity contribution in [3.8, 4) is 11.4 Å². The van der Waals surface area contributed by atoms with Crippen molar-refractivity contribution in [2.75, 3.05) is 24.6 Å². The van der Waals surface area contributed by atoms with Gasteiger partial charge in [0.15, 0.2) is 0 Å². The summed E-state index contributed by atoms with van der Waals surface area (Å²) in [6.45, 7) is 1.86. The number of aromatic nitrogens is 4. The molecule has 2 heterocycles. The fourth-order valence-electron chi connectivity index (χ4n) is 3.61. The molecular formula is C16H22F2N6O3S. The molecule has 0 bridgehead atoms. The lowest BCUT2D eigenvalue weighted by Crippen LogP contribution is -2.35. The number of aliphatic hydroxyl groups excluding tert-OH is 1. The van der Waals surface area contributed by atoms with Crippen molar-refractivity contribution in [1.82, 2.24) is 20.6 Å². The zero-order valence-corrected chi connectivity index (χ0v) is 16.1. The van der Waals surface area contributed by atoms with Crippen LogP contribution in [0.5, 0.6) is 0 Å². The number of alkyl halides is 2. The van der Waals surface area contributed by atoms with Gasteiger partial charge in [-0.3, -0.25) is 0 Å². The van der Waals surface area contributed by atoms with Crippen molar-refractivity contribution in [3.05, 3.63) is 17.7 Å². The van der Waals surface area contributed by atoms with Crippen LogP contribution in [0.15, 0.2) is 17.0 Å². The van der Waals surface area contributed by atoms with E-state index in [0.29, 0.717) is 38.0 Å². The van der Waals surface area contributed by atoms with Gasteiger partial charge in [0.2, 0.25) is 15.8 Å². The number of halogens is 2. The van der Waals surface area contributed by atoms with Gasteiger partial charge in [-0.05, 0) is 42.5 Å². The van der Waals surface area contributed by atoms with E-state index in [-0.39, 0.29) is 18.0 Å². The molecular weight excluding hydrogens is 394 g/mol. The number of hydrogen-bond donors (Lipinski definition) is 3. The van der Waals surface area contributed by atoms with E-state index in [1.807, 2.05) is 4.90 Å². The molecule has 0 radical (unpaired) electrons. The third kappa shape index (κ3) is 4.13. The number of rotatable bonds is 6. The van der Waals surface area contributed by atoms with Crippen LogP contribution in [-0.4, -0.2) is 53.8 Å². The van der Waals surface area contributed by atoms with Gasteiger partial charge >= 0.3 is 0 Å². The Hall–Kier alpha value is -2.18. The van der Waals surface area contributed by atoms with E-state index in [0.717, 1.165) is 18.9 Å². The first kappa shape index (κ1) is 20.6. The van der Waals surface area contributed by atoms with Crippen molar-refractivity contribution < 1.29 is 22.3 Å². The smallest absolute Gasteiger partial charge is 0.271 e. The summed E-state index contributed by atoms with van der Waals surface area (Å²) in [6.07, 6.45) is 2.25. The second-order valence-corrected chi connectivity index (χ2v) is 8.45. The number of hydrogen-bond acceptors (Lipinski definition) is 7. The lowest BCUT2D eigenvalue weighted by atomic mass is 9.93. The summed E-state index contributed by atoms with van der Waals surface area (Å²) in [5.41, 5.74) is -0.398. The minimum atomic E-state index is -4.52. The molecule has 0 saturated carbocycles. The Balaban J connectivity index is 2.17. The molecule has 1 saturated heterocycles. The minimum Gasteiger partial charge on any atom is -0.396 e. The summed E-state index contributed by atoms with van der Waals surface area (Å²) >= 11 is 0. The molecule has 1 aliphatic heterocycles. The molecule has 0 amide bonds. The van der Waals surface area contributed by atoms with Gasteiger partial charge in [0.25, 0.3) is 5.92 Å². The molecule has 0 aliphatic carbocycles. The number of nitrogens with one attached hydrogen (secondary N) is 1. The van der Waals surface area contributed by atoms with E-state index in [1.54, 1.807) is 0 Å². The van der Waals surface area contributed by atoms with E-state index in [2.05, 4.69) is 20.6 Å². The molecule has 28 heavy (non-hydrogen) atoms. The maximum Gasteiger partial charge on any atom is 0.271 e. The van der Waals surface area contributed by atoms with Crippen LogP contribution < -0.4 is 10.0 Å². The summed E-state index contributed by atoms with van der Waals surface area (Å²) in [5, 5.41) is 27.7. The monoisotopic (exact) mass is 416 g/mol. The molecule has 1 aromatic heterocycles. The first-order valence-corrected chi connectivity index (χ1v) is 10.3. The number of piperidine rings is 1. The van der Waals surface area contributed by atoms with Crippen molar-refractivity contribution in [2.45, 2.75) is 37.0 Å². The predicted octanol–water partition coefficient (Wildman–Crippen LogP) is 1.22. The van der Waals surface area contributed by atoms with Crippen LogP contribution in [0.25, 0.3) is 11.4 Å². The highest BCUT2D eigenvalue weighted by atomic mass is 32.2. The molecule has 2 aromatic rings. The molecule has 9 nitrogen and oxygen atoms in total. The number of aliphatic hydroxyl groups is 1. The highest BCUT2D eigenvalue weighted by Crippen LogP contribution is 2.42. The maximum atomic E-state index is 14.2. The molecule has 1 aromatic carbocycles. The van der Waals surface area contributed by atoms with E-state index in [4.69, 9.17) is 10.2 Å². The maximum absolute atomic E-state index is 14.2. The van der Waals surface area contributed by atoms with Gasteiger partial charge in [0.05, 0.1) is 5.56 Å². The first-order valence-electron chi connectivity index (χ1n) is 8.80. The van der Waals surface area contributed by atoms with Gasteiger partial charge in [-0.2, -0.15) is 5.21 Å². The number of nitrogens with zero attached hydrogens (tertiary/aromatic N) is 4. The van der Waals surface area contributed by atoms with Gasteiger partial charge < -0.3 is 10.0 Å². The molecule has 0 atom stereocenters. The van der Waals surface area contributed by atoms with E-state index in [1.165, 1.54) is 6.07 Å². The third-order valence-electron chi connectivity index (χ3n) is 4.95.